The maximum absolute atomic E-state index is 13.1. The lowest BCUT2D eigenvalue weighted by Gasteiger charge is -2.43. The topological polar surface area (TPSA) is 74.0 Å². The van der Waals surface area contributed by atoms with Crippen molar-refractivity contribution in [1.29, 1.82) is 0 Å². The number of para-hydroxylation sites is 2. The van der Waals surface area contributed by atoms with Gasteiger partial charge < -0.3 is 19.3 Å². The average molecular weight is 390 g/mol. The SMILES string of the molecule is CC1CC(N(CC(=O)O)c2ccccc2)c2ccccc2N1C(=O)c1ccco1. The van der Waals surface area contributed by atoms with Gasteiger partial charge in [-0.05, 0) is 49.2 Å². The zero-order chi connectivity index (χ0) is 20.4. The highest BCUT2D eigenvalue weighted by atomic mass is 16.4. The number of carboxylic acids is 1. The molecule has 29 heavy (non-hydrogen) atoms. The van der Waals surface area contributed by atoms with Crippen LogP contribution < -0.4 is 9.80 Å². The second kappa shape index (κ2) is 7.83. The number of aliphatic carboxylic acids is 1. The van der Waals surface area contributed by atoms with Crippen molar-refractivity contribution >= 4 is 23.3 Å². The van der Waals surface area contributed by atoms with Crippen LogP contribution in [0.5, 0.6) is 0 Å². The van der Waals surface area contributed by atoms with Crippen LogP contribution in [0.3, 0.4) is 0 Å². The molecule has 2 atom stereocenters. The summed E-state index contributed by atoms with van der Waals surface area (Å²) in [4.78, 5) is 28.4. The number of benzene rings is 2. The van der Waals surface area contributed by atoms with Crippen molar-refractivity contribution < 1.29 is 19.1 Å². The predicted molar refractivity (Wildman–Crippen MR) is 110 cm³/mol. The fourth-order valence-electron chi connectivity index (χ4n) is 4.05. The molecule has 3 aromatic rings. The molecule has 2 aromatic carbocycles. The summed E-state index contributed by atoms with van der Waals surface area (Å²) in [6.45, 7) is 1.86. The van der Waals surface area contributed by atoms with E-state index in [1.54, 1.807) is 17.0 Å². The number of furan rings is 1. The van der Waals surface area contributed by atoms with Gasteiger partial charge in [0.05, 0.1) is 12.3 Å². The Balaban J connectivity index is 1.77. The van der Waals surface area contributed by atoms with Crippen molar-refractivity contribution in [2.24, 2.45) is 0 Å². The number of carbonyl (C=O) groups is 2. The van der Waals surface area contributed by atoms with Crippen LogP contribution in [0.15, 0.2) is 77.4 Å². The average Bonchev–Trinajstić information content (AvgIpc) is 3.27. The molecule has 0 saturated heterocycles. The van der Waals surface area contributed by atoms with Gasteiger partial charge in [0.15, 0.2) is 5.76 Å². The Morgan fingerprint density at radius 2 is 1.79 bits per heavy atom. The first-order valence-corrected chi connectivity index (χ1v) is 9.55. The molecule has 1 amide bonds. The highest BCUT2D eigenvalue weighted by Gasteiger charge is 2.38. The number of nitrogens with zero attached hydrogens (tertiary/aromatic N) is 2. The Bertz CT molecular complexity index is 1000. The molecule has 1 aliphatic heterocycles. The van der Waals surface area contributed by atoms with E-state index < -0.39 is 5.97 Å². The van der Waals surface area contributed by atoms with Crippen molar-refractivity contribution in [3.8, 4) is 0 Å². The van der Waals surface area contributed by atoms with Crippen molar-refractivity contribution in [1.82, 2.24) is 0 Å². The van der Waals surface area contributed by atoms with Crippen molar-refractivity contribution in [2.45, 2.75) is 25.4 Å². The summed E-state index contributed by atoms with van der Waals surface area (Å²) in [5.74, 6) is -0.804. The number of anilines is 2. The number of carboxylic acid groups (broad SMARTS) is 1. The number of hydrogen-bond acceptors (Lipinski definition) is 4. The molecular weight excluding hydrogens is 368 g/mol. The summed E-state index contributed by atoms with van der Waals surface area (Å²) in [6.07, 6.45) is 2.09. The van der Waals surface area contributed by atoms with Gasteiger partial charge in [-0.3, -0.25) is 9.59 Å². The molecule has 1 aliphatic rings. The minimum atomic E-state index is -0.895. The number of carbonyl (C=O) groups excluding carboxylic acids is 1. The molecule has 0 saturated carbocycles. The number of rotatable bonds is 5. The molecule has 0 radical (unpaired) electrons. The molecule has 1 aromatic heterocycles. The highest BCUT2D eigenvalue weighted by molar-refractivity contribution is 6.05. The third-order valence-electron chi connectivity index (χ3n) is 5.28. The van der Waals surface area contributed by atoms with Gasteiger partial charge in [-0.25, -0.2) is 0 Å². The third-order valence-corrected chi connectivity index (χ3v) is 5.28. The van der Waals surface area contributed by atoms with Gasteiger partial charge in [0, 0.05) is 17.4 Å². The van der Waals surface area contributed by atoms with Crippen LogP contribution in [0, 0.1) is 0 Å². The van der Waals surface area contributed by atoms with Gasteiger partial charge in [0.25, 0.3) is 5.91 Å². The monoisotopic (exact) mass is 390 g/mol. The Hall–Kier alpha value is -3.54. The zero-order valence-electron chi connectivity index (χ0n) is 16.1. The largest absolute Gasteiger partial charge is 0.480 e. The summed E-state index contributed by atoms with van der Waals surface area (Å²) in [6, 6.07) is 20.3. The summed E-state index contributed by atoms with van der Waals surface area (Å²) in [7, 11) is 0. The molecule has 0 fully saturated rings. The molecular formula is C23H22N2O4. The van der Waals surface area contributed by atoms with E-state index in [-0.39, 0.29) is 30.3 Å². The third kappa shape index (κ3) is 3.61. The van der Waals surface area contributed by atoms with Crippen LogP contribution >= 0.6 is 0 Å². The van der Waals surface area contributed by atoms with Gasteiger partial charge in [0.1, 0.15) is 6.54 Å². The lowest BCUT2D eigenvalue weighted by atomic mass is 9.89. The molecule has 4 rings (SSSR count). The van der Waals surface area contributed by atoms with E-state index in [2.05, 4.69) is 0 Å². The first-order chi connectivity index (χ1) is 14.1. The van der Waals surface area contributed by atoms with E-state index in [9.17, 15) is 14.7 Å². The quantitative estimate of drug-likeness (QED) is 0.701. The van der Waals surface area contributed by atoms with Crippen molar-refractivity contribution in [3.05, 3.63) is 84.3 Å². The summed E-state index contributed by atoms with van der Waals surface area (Å²) in [5.41, 5.74) is 2.55. The maximum Gasteiger partial charge on any atom is 0.323 e. The lowest BCUT2D eigenvalue weighted by Crippen LogP contribution is -2.47. The van der Waals surface area contributed by atoms with E-state index in [0.29, 0.717) is 6.42 Å². The predicted octanol–water partition coefficient (Wildman–Crippen LogP) is 4.35. The smallest absolute Gasteiger partial charge is 0.323 e. The molecule has 6 nitrogen and oxygen atoms in total. The Kier molecular flexibility index (Phi) is 5.08. The first-order valence-electron chi connectivity index (χ1n) is 9.55. The van der Waals surface area contributed by atoms with E-state index >= 15 is 0 Å². The maximum atomic E-state index is 13.1. The lowest BCUT2D eigenvalue weighted by molar-refractivity contribution is -0.135. The number of amides is 1. The van der Waals surface area contributed by atoms with Crippen LogP contribution in [0.25, 0.3) is 0 Å². The molecule has 2 heterocycles. The fraction of sp³-hybridized carbons (Fsp3) is 0.217. The van der Waals surface area contributed by atoms with E-state index in [1.807, 2.05) is 66.4 Å². The van der Waals surface area contributed by atoms with Gasteiger partial charge in [0.2, 0.25) is 0 Å². The first kappa shape index (κ1) is 18.8. The minimum Gasteiger partial charge on any atom is -0.480 e. The van der Waals surface area contributed by atoms with Crippen molar-refractivity contribution in [3.63, 3.8) is 0 Å². The second-order valence-electron chi connectivity index (χ2n) is 7.17. The molecule has 148 valence electrons. The zero-order valence-corrected chi connectivity index (χ0v) is 16.1. The molecule has 6 heteroatoms. The van der Waals surface area contributed by atoms with Crippen LogP contribution in [0.4, 0.5) is 11.4 Å². The Labute approximate surface area is 169 Å². The van der Waals surface area contributed by atoms with Crippen LogP contribution in [-0.4, -0.2) is 29.6 Å². The van der Waals surface area contributed by atoms with Crippen LogP contribution in [0.1, 0.15) is 35.5 Å². The Morgan fingerprint density at radius 3 is 2.48 bits per heavy atom. The van der Waals surface area contributed by atoms with E-state index in [1.165, 1.54) is 6.26 Å². The van der Waals surface area contributed by atoms with E-state index in [0.717, 1.165) is 16.9 Å². The summed E-state index contributed by atoms with van der Waals surface area (Å²) >= 11 is 0. The number of fused-ring (bicyclic) bond motifs is 1. The minimum absolute atomic E-state index is 0.123. The normalized spacial score (nSPS) is 18.2. The van der Waals surface area contributed by atoms with Gasteiger partial charge in [-0.15, -0.1) is 0 Å². The fourth-order valence-corrected chi connectivity index (χ4v) is 4.05. The van der Waals surface area contributed by atoms with Crippen molar-refractivity contribution in [2.75, 3.05) is 16.3 Å². The standard InChI is InChI=1S/C23H22N2O4/c1-16-14-20(24(15-22(26)27)17-8-3-2-4-9-17)18-10-5-6-11-19(18)25(16)23(28)21-12-7-13-29-21/h2-13,16,20H,14-15H2,1H3,(H,26,27). The van der Waals surface area contributed by atoms with Crippen LogP contribution in [0.2, 0.25) is 0 Å². The number of hydrogen-bond donors (Lipinski definition) is 1. The summed E-state index contributed by atoms with van der Waals surface area (Å²) < 4.78 is 5.33. The van der Waals surface area contributed by atoms with Gasteiger partial charge >= 0.3 is 5.97 Å². The highest BCUT2D eigenvalue weighted by Crippen LogP contribution is 2.42. The Morgan fingerprint density at radius 1 is 1.07 bits per heavy atom. The molecule has 2 unspecified atom stereocenters. The van der Waals surface area contributed by atoms with Crippen LogP contribution in [-0.2, 0) is 4.79 Å². The molecule has 0 bridgehead atoms. The second-order valence-corrected chi connectivity index (χ2v) is 7.17. The molecule has 1 N–H and O–H groups in total. The van der Waals surface area contributed by atoms with Gasteiger partial charge in [-0.1, -0.05) is 36.4 Å². The molecule has 0 aliphatic carbocycles. The van der Waals surface area contributed by atoms with E-state index in [4.69, 9.17) is 4.42 Å². The van der Waals surface area contributed by atoms with Gasteiger partial charge in [-0.2, -0.15) is 0 Å². The summed E-state index contributed by atoms with van der Waals surface area (Å²) in [5, 5.41) is 9.54. The molecule has 0 spiro atoms.